The lowest BCUT2D eigenvalue weighted by atomic mass is 10.2. The molecule has 1 aromatic heterocycles. The van der Waals surface area contributed by atoms with Crippen molar-refractivity contribution in [1.29, 1.82) is 5.26 Å². The van der Waals surface area contributed by atoms with E-state index in [0.29, 0.717) is 16.9 Å². The minimum absolute atomic E-state index is 0.139. The van der Waals surface area contributed by atoms with Gasteiger partial charge in [0.25, 0.3) is 0 Å². The lowest BCUT2D eigenvalue weighted by molar-refractivity contribution is -0.149. The highest BCUT2D eigenvalue weighted by atomic mass is 16.6. The third kappa shape index (κ3) is 3.90. The minimum atomic E-state index is -0.897. The molecule has 130 valence electrons. The van der Waals surface area contributed by atoms with Crippen LogP contribution in [0.3, 0.4) is 0 Å². The van der Waals surface area contributed by atoms with E-state index in [-0.39, 0.29) is 5.76 Å². The Labute approximate surface area is 149 Å². The Balaban J connectivity index is 1.55. The Bertz CT molecular complexity index is 948. The van der Waals surface area contributed by atoms with Gasteiger partial charge < -0.3 is 13.9 Å². The molecule has 0 amide bonds. The Morgan fingerprint density at radius 1 is 1.15 bits per heavy atom. The van der Waals surface area contributed by atoms with Crippen LogP contribution < -0.4 is 4.74 Å². The van der Waals surface area contributed by atoms with Gasteiger partial charge in [0.2, 0.25) is 5.78 Å². The molecule has 0 aliphatic carbocycles. The van der Waals surface area contributed by atoms with Crippen LogP contribution >= 0.6 is 0 Å². The van der Waals surface area contributed by atoms with E-state index < -0.39 is 24.5 Å². The number of furan rings is 1. The van der Waals surface area contributed by atoms with E-state index in [2.05, 4.69) is 0 Å². The number of Topliss-reactive ketones (excluding diaryl/α,β-unsaturated/α-hetero) is 1. The van der Waals surface area contributed by atoms with Gasteiger partial charge in [-0.3, -0.25) is 4.79 Å². The zero-order valence-electron chi connectivity index (χ0n) is 14.0. The zero-order chi connectivity index (χ0) is 18.5. The molecule has 1 heterocycles. The molecule has 3 rings (SSSR count). The van der Waals surface area contributed by atoms with Gasteiger partial charge in [0.15, 0.2) is 18.5 Å². The fourth-order valence-electron chi connectivity index (χ4n) is 2.30. The van der Waals surface area contributed by atoms with Crippen LogP contribution in [0.1, 0.15) is 23.0 Å². The second-order valence-corrected chi connectivity index (χ2v) is 5.58. The number of ether oxygens (including phenoxy) is 2. The Morgan fingerprint density at radius 3 is 2.58 bits per heavy atom. The first-order valence-electron chi connectivity index (χ1n) is 7.92. The summed E-state index contributed by atoms with van der Waals surface area (Å²) < 4.78 is 15.9. The van der Waals surface area contributed by atoms with Crippen LogP contribution in [0.15, 0.2) is 59.0 Å². The summed E-state index contributed by atoms with van der Waals surface area (Å²) in [6, 6.07) is 17.2. The molecule has 0 unspecified atom stereocenters. The molecule has 0 spiro atoms. The minimum Gasteiger partial charge on any atom is -0.479 e. The first-order chi connectivity index (χ1) is 12.6. The van der Waals surface area contributed by atoms with Gasteiger partial charge in [0.1, 0.15) is 11.3 Å². The summed E-state index contributed by atoms with van der Waals surface area (Å²) in [4.78, 5) is 24.1. The standard InChI is InChI=1S/C20H15NO5/c1-13(25-16-8-6-14(11-21)7-9-16)20(23)24-12-17(22)19-10-15-4-2-3-5-18(15)26-19/h2-10,13H,12H2,1H3/t13-/m0/s1. The first kappa shape index (κ1) is 17.2. The molecule has 2 aromatic carbocycles. The molecule has 0 fully saturated rings. The number of nitriles is 1. The van der Waals surface area contributed by atoms with Crippen molar-refractivity contribution in [1.82, 2.24) is 0 Å². The third-order valence-corrected chi connectivity index (χ3v) is 3.67. The van der Waals surface area contributed by atoms with Crippen molar-refractivity contribution in [2.75, 3.05) is 6.61 Å². The normalized spacial score (nSPS) is 11.5. The van der Waals surface area contributed by atoms with Gasteiger partial charge in [-0.1, -0.05) is 18.2 Å². The second kappa shape index (κ2) is 7.53. The van der Waals surface area contributed by atoms with E-state index in [1.807, 2.05) is 24.3 Å². The molecular weight excluding hydrogens is 334 g/mol. The van der Waals surface area contributed by atoms with Crippen molar-refractivity contribution in [3.05, 3.63) is 65.9 Å². The smallest absolute Gasteiger partial charge is 0.347 e. The fraction of sp³-hybridized carbons (Fsp3) is 0.150. The molecule has 0 saturated carbocycles. The summed E-state index contributed by atoms with van der Waals surface area (Å²) in [6.07, 6.45) is -0.897. The number of para-hydroxylation sites is 1. The fourth-order valence-corrected chi connectivity index (χ4v) is 2.30. The molecule has 1 atom stereocenters. The number of carbonyl (C=O) groups is 2. The van der Waals surface area contributed by atoms with Crippen molar-refractivity contribution < 1.29 is 23.5 Å². The molecule has 26 heavy (non-hydrogen) atoms. The predicted molar refractivity (Wildman–Crippen MR) is 92.8 cm³/mol. The SMILES string of the molecule is C[C@H](Oc1ccc(C#N)cc1)C(=O)OCC(=O)c1cc2ccccc2o1. The third-order valence-electron chi connectivity index (χ3n) is 3.67. The molecule has 0 radical (unpaired) electrons. The summed E-state index contributed by atoms with van der Waals surface area (Å²) in [6.45, 7) is 1.09. The van der Waals surface area contributed by atoms with Crippen molar-refractivity contribution in [3.63, 3.8) is 0 Å². The van der Waals surface area contributed by atoms with E-state index >= 15 is 0 Å². The first-order valence-corrected chi connectivity index (χ1v) is 7.92. The Kier molecular flexibility index (Phi) is 4.99. The van der Waals surface area contributed by atoms with Crippen LogP contribution in [0, 0.1) is 11.3 Å². The van der Waals surface area contributed by atoms with Gasteiger partial charge in [-0.25, -0.2) is 4.79 Å². The van der Waals surface area contributed by atoms with Gasteiger partial charge in [-0.15, -0.1) is 0 Å². The summed E-state index contributed by atoms with van der Waals surface area (Å²) in [5.74, 6) is -0.532. The number of ketones is 1. The van der Waals surface area contributed by atoms with Crippen molar-refractivity contribution in [2.45, 2.75) is 13.0 Å². The summed E-state index contributed by atoms with van der Waals surface area (Å²) in [5, 5.41) is 9.56. The van der Waals surface area contributed by atoms with E-state index in [1.165, 1.54) is 6.92 Å². The molecule has 3 aromatic rings. The quantitative estimate of drug-likeness (QED) is 0.500. The maximum absolute atomic E-state index is 12.1. The van der Waals surface area contributed by atoms with Crippen LogP contribution in [-0.4, -0.2) is 24.5 Å². The molecule has 6 heteroatoms. The summed E-state index contributed by atoms with van der Waals surface area (Å²) >= 11 is 0. The number of benzene rings is 2. The van der Waals surface area contributed by atoms with E-state index in [0.717, 1.165) is 5.39 Å². The van der Waals surface area contributed by atoms with Gasteiger partial charge in [0, 0.05) is 5.39 Å². The van der Waals surface area contributed by atoms with Crippen LogP contribution in [0.2, 0.25) is 0 Å². The number of rotatable bonds is 6. The maximum Gasteiger partial charge on any atom is 0.347 e. The zero-order valence-corrected chi connectivity index (χ0v) is 14.0. The highest BCUT2D eigenvalue weighted by Gasteiger charge is 2.20. The average molecular weight is 349 g/mol. The summed E-state index contributed by atoms with van der Waals surface area (Å²) in [7, 11) is 0. The second-order valence-electron chi connectivity index (χ2n) is 5.58. The van der Waals surface area contributed by atoms with E-state index in [1.54, 1.807) is 36.4 Å². The summed E-state index contributed by atoms with van der Waals surface area (Å²) in [5.41, 5.74) is 1.09. The number of esters is 1. The van der Waals surface area contributed by atoms with Gasteiger partial charge >= 0.3 is 5.97 Å². The predicted octanol–water partition coefficient (Wildman–Crippen LogP) is 3.50. The monoisotopic (exact) mass is 349 g/mol. The molecule has 0 N–H and O–H groups in total. The van der Waals surface area contributed by atoms with E-state index in [9.17, 15) is 9.59 Å². The Hall–Kier alpha value is -3.59. The number of hydrogen-bond acceptors (Lipinski definition) is 6. The average Bonchev–Trinajstić information content (AvgIpc) is 3.10. The number of carbonyl (C=O) groups excluding carboxylic acids is 2. The van der Waals surface area contributed by atoms with E-state index in [4.69, 9.17) is 19.2 Å². The number of fused-ring (bicyclic) bond motifs is 1. The van der Waals surface area contributed by atoms with Crippen molar-refractivity contribution in [2.24, 2.45) is 0 Å². The van der Waals surface area contributed by atoms with Crippen LogP contribution in [-0.2, 0) is 9.53 Å². The highest BCUT2D eigenvalue weighted by Crippen LogP contribution is 2.19. The van der Waals surface area contributed by atoms with Gasteiger partial charge in [-0.05, 0) is 43.3 Å². The van der Waals surface area contributed by atoms with Crippen molar-refractivity contribution >= 4 is 22.7 Å². The molecule has 0 aliphatic heterocycles. The maximum atomic E-state index is 12.1. The number of nitrogens with zero attached hydrogens (tertiary/aromatic N) is 1. The van der Waals surface area contributed by atoms with Crippen LogP contribution in [0.4, 0.5) is 0 Å². The van der Waals surface area contributed by atoms with Crippen LogP contribution in [0.25, 0.3) is 11.0 Å². The molecular formula is C20H15NO5. The van der Waals surface area contributed by atoms with Crippen molar-refractivity contribution in [3.8, 4) is 11.8 Å². The molecule has 6 nitrogen and oxygen atoms in total. The highest BCUT2D eigenvalue weighted by molar-refractivity contribution is 5.99. The lowest BCUT2D eigenvalue weighted by Crippen LogP contribution is -2.28. The Morgan fingerprint density at radius 2 is 1.88 bits per heavy atom. The largest absolute Gasteiger partial charge is 0.479 e. The molecule has 0 bridgehead atoms. The van der Waals surface area contributed by atoms with Gasteiger partial charge in [-0.2, -0.15) is 5.26 Å². The van der Waals surface area contributed by atoms with Crippen LogP contribution in [0.5, 0.6) is 5.75 Å². The van der Waals surface area contributed by atoms with Gasteiger partial charge in [0.05, 0.1) is 11.6 Å². The number of hydrogen-bond donors (Lipinski definition) is 0. The lowest BCUT2D eigenvalue weighted by Gasteiger charge is -2.13. The molecule has 0 aliphatic rings. The molecule has 0 saturated heterocycles. The topological polar surface area (TPSA) is 89.5 Å².